The fourth-order valence-electron chi connectivity index (χ4n) is 1.69. The molecule has 0 aliphatic carbocycles. The number of carbonyl (C=O) groups is 2. The topological polar surface area (TPSA) is 87.1 Å². The lowest BCUT2D eigenvalue weighted by Gasteiger charge is -2.30. The molecule has 0 aromatic rings. The van der Waals surface area contributed by atoms with Crippen LogP contribution in [0, 0.1) is 5.92 Å². The minimum Gasteiger partial charge on any atom is -0.480 e. The molecule has 1 rings (SSSR count). The second-order valence-corrected chi connectivity index (χ2v) is 3.65. The predicted molar refractivity (Wildman–Crippen MR) is 50.8 cm³/mol. The van der Waals surface area contributed by atoms with Gasteiger partial charge in [-0.05, 0) is 12.8 Å². The molecule has 1 aliphatic rings. The van der Waals surface area contributed by atoms with Gasteiger partial charge in [-0.2, -0.15) is 0 Å². The van der Waals surface area contributed by atoms with E-state index in [0.717, 1.165) is 12.8 Å². The Kier molecular flexibility index (Phi) is 4.36. The lowest BCUT2D eigenvalue weighted by molar-refractivity contribution is -0.142. The molecule has 0 unspecified atom stereocenters. The molecule has 1 heterocycles. The molecule has 0 saturated carbocycles. The number of amides is 1. The highest BCUT2D eigenvalue weighted by Crippen LogP contribution is 2.16. The quantitative estimate of drug-likeness (QED) is 0.715. The van der Waals surface area contributed by atoms with Gasteiger partial charge < -0.3 is 19.8 Å². The Labute approximate surface area is 87.4 Å². The standard InChI is InChI=1S/C9H15NO5/c11-8(12)6-15-5-7-2-1-3-10(4-7)9(13)14/h7H,1-6H2,(H,11,12)(H,13,14)/t7-/m1/s1. The molecule has 6 nitrogen and oxygen atoms in total. The zero-order valence-electron chi connectivity index (χ0n) is 8.39. The molecule has 15 heavy (non-hydrogen) atoms. The first-order chi connectivity index (χ1) is 7.09. The van der Waals surface area contributed by atoms with E-state index in [-0.39, 0.29) is 12.5 Å². The summed E-state index contributed by atoms with van der Waals surface area (Å²) in [7, 11) is 0. The van der Waals surface area contributed by atoms with Crippen molar-refractivity contribution >= 4 is 12.1 Å². The molecule has 6 heteroatoms. The minimum absolute atomic E-state index is 0.120. The van der Waals surface area contributed by atoms with E-state index in [1.165, 1.54) is 4.90 Å². The van der Waals surface area contributed by atoms with Crippen molar-refractivity contribution in [1.82, 2.24) is 4.90 Å². The normalized spacial score (nSPS) is 21.3. The summed E-state index contributed by atoms with van der Waals surface area (Å²) in [6, 6.07) is 0. The number of rotatable bonds is 4. The highest BCUT2D eigenvalue weighted by Gasteiger charge is 2.23. The van der Waals surface area contributed by atoms with Crippen molar-refractivity contribution in [2.24, 2.45) is 5.92 Å². The van der Waals surface area contributed by atoms with Crippen molar-refractivity contribution in [2.75, 3.05) is 26.3 Å². The van der Waals surface area contributed by atoms with Crippen LogP contribution in [-0.4, -0.2) is 53.5 Å². The van der Waals surface area contributed by atoms with Crippen molar-refractivity contribution < 1.29 is 24.5 Å². The Morgan fingerprint density at radius 1 is 1.40 bits per heavy atom. The smallest absolute Gasteiger partial charge is 0.407 e. The number of likely N-dealkylation sites (tertiary alicyclic amines) is 1. The van der Waals surface area contributed by atoms with Crippen LogP contribution in [0.4, 0.5) is 4.79 Å². The molecule has 0 aromatic heterocycles. The van der Waals surface area contributed by atoms with Crippen LogP contribution in [0.1, 0.15) is 12.8 Å². The largest absolute Gasteiger partial charge is 0.480 e. The third kappa shape index (κ3) is 4.16. The molecule has 0 bridgehead atoms. The molecule has 0 radical (unpaired) electrons. The zero-order valence-corrected chi connectivity index (χ0v) is 8.39. The van der Waals surface area contributed by atoms with Gasteiger partial charge in [-0.1, -0.05) is 0 Å². The van der Waals surface area contributed by atoms with Gasteiger partial charge in [-0.15, -0.1) is 0 Å². The fraction of sp³-hybridized carbons (Fsp3) is 0.778. The maximum absolute atomic E-state index is 10.7. The maximum atomic E-state index is 10.7. The van der Waals surface area contributed by atoms with E-state index in [4.69, 9.17) is 14.9 Å². The van der Waals surface area contributed by atoms with E-state index in [1.807, 2.05) is 0 Å². The van der Waals surface area contributed by atoms with Gasteiger partial charge in [0.15, 0.2) is 0 Å². The Morgan fingerprint density at radius 3 is 2.73 bits per heavy atom. The number of carboxylic acid groups (broad SMARTS) is 2. The van der Waals surface area contributed by atoms with Crippen LogP contribution in [0.15, 0.2) is 0 Å². The fourth-order valence-corrected chi connectivity index (χ4v) is 1.69. The van der Waals surface area contributed by atoms with E-state index in [1.54, 1.807) is 0 Å². The molecule has 0 aromatic carbocycles. The molecule has 1 saturated heterocycles. The number of hydrogen-bond acceptors (Lipinski definition) is 3. The number of carboxylic acids is 1. The van der Waals surface area contributed by atoms with Gasteiger partial charge in [0, 0.05) is 19.0 Å². The summed E-state index contributed by atoms with van der Waals surface area (Å²) in [5, 5.41) is 17.1. The highest BCUT2D eigenvalue weighted by atomic mass is 16.5. The second kappa shape index (κ2) is 5.55. The minimum atomic E-state index is -0.999. The Bertz CT molecular complexity index is 243. The van der Waals surface area contributed by atoms with Crippen LogP contribution in [0.25, 0.3) is 0 Å². The molecular weight excluding hydrogens is 202 g/mol. The summed E-state index contributed by atoms with van der Waals surface area (Å²) in [6.07, 6.45) is 0.787. The van der Waals surface area contributed by atoms with E-state index < -0.39 is 12.1 Å². The summed E-state index contributed by atoms with van der Waals surface area (Å²) in [5.41, 5.74) is 0. The van der Waals surface area contributed by atoms with Crippen LogP contribution < -0.4 is 0 Å². The van der Waals surface area contributed by atoms with Gasteiger partial charge in [-0.25, -0.2) is 9.59 Å². The maximum Gasteiger partial charge on any atom is 0.407 e. The van der Waals surface area contributed by atoms with Crippen LogP contribution in [0.2, 0.25) is 0 Å². The third-order valence-electron chi connectivity index (χ3n) is 2.37. The molecular formula is C9H15NO5. The average Bonchev–Trinajstić information content (AvgIpc) is 2.17. The van der Waals surface area contributed by atoms with E-state index >= 15 is 0 Å². The number of hydrogen-bond donors (Lipinski definition) is 2. The number of piperidine rings is 1. The summed E-state index contributed by atoms with van der Waals surface area (Å²) >= 11 is 0. The summed E-state index contributed by atoms with van der Waals surface area (Å²) in [4.78, 5) is 22.2. The lowest BCUT2D eigenvalue weighted by Crippen LogP contribution is -2.40. The molecule has 1 aliphatic heterocycles. The molecule has 2 N–H and O–H groups in total. The zero-order chi connectivity index (χ0) is 11.3. The highest BCUT2D eigenvalue weighted by molar-refractivity contribution is 5.68. The van der Waals surface area contributed by atoms with Crippen LogP contribution in [0.3, 0.4) is 0 Å². The molecule has 0 spiro atoms. The van der Waals surface area contributed by atoms with Crippen molar-refractivity contribution in [3.63, 3.8) is 0 Å². The first-order valence-corrected chi connectivity index (χ1v) is 4.87. The Morgan fingerprint density at radius 2 is 2.13 bits per heavy atom. The van der Waals surface area contributed by atoms with Crippen molar-refractivity contribution in [3.8, 4) is 0 Å². The van der Waals surface area contributed by atoms with Gasteiger partial charge in [0.2, 0.25) is 0 Å². The number of ether oxygens (including phenoxy) is 1. The third-order valence-corrected chi connectivity index (χ3v) is 2.37. The first-order valence-electron chi connectivity index (χ1n) is 4.87. The van der Waals surface area contributed by atoms with Crippen LogP contribution >= 0.6 is 0 Å². The summed E-state index contributed by atoms with van der Waals surface area (Å²) < 4.78 is 4.94. The van der Waals surface area contributed by atoms with E-state index in [2.05, 4.69) is 0 Å². The van der Waals surface area contributed by atoms with E-state index in [9.17, 15) is 9.59 Å². The molecule has 1 amide bonds. The van der Waals surface area contributed by atoms with Gasteiger partial charge in [0.05, 0.1) is 6.61 Å². The summed E-state index contributed by atoms with van der Waals surface area (Å²) in [5.74, 6) is -0.880. The van der Waals surface area contributed by atoms with Gasteiger partial charge in [0.25, 0.3) is 0 Å². The van der Waals surface area contributed by atoms with Crippen molar-refractivity contribution in [3.05, 3.63) is 0 Å². The Balaban J connectivity index is 2.24. The lowest BCUT2D eigenvalue weighted by atomic mass is 9.99. The SMILES string of the molecule is O=C(O)COC[C@@H]1CCCN(C(=O)O)C1. The monoisotopic (exact) mass is 217 g/mol. The predicted octanol–water partition coefficient (Wildman–Crippen LogP) is 0.478. The summed E-state index contributed by atoms with van der Waals surface area (Å²) in [6.45, 7) is 0.999. The second-order valence-electron chi connectivity index (χ2n) is 3.65. The van der Waals surface area contributed by atoms with Crippen LogP contribution in [-0.2, 0) is 9.53 Å². The molecule has 86 valence electrons. The van der Waals surface area contributed by atoms with Crippen molar-refractivity contribution in [2.45, 2.75) is 12.8 Å². The van der Waals surface area contributed by atoms with Gasteiger partial charge in [0.1, 0.15) is 6.61 Å². The van der Waals surface area contributed by atoms with Crippen LogP contribution in [0.5, 0.6) is 0 Å². The number of nitrogens with zero attached hydrogens (tertiary/aromatic N) is 1. The first kappa shape index (κ1) is 11.8. The van der Waals surface area contributed by atoms with Gasteiger partial charge in [-0.3, -0.25) is 0 Å². The number of aliphatic carboxylic acids is 1. The Hall–Kier alpha value is -1.30. The van der Waals surface area contributed by atoms with Gasteiger partial charge >= 0.3 is 12.1 Å². The molecule has 1 fully saturated rings. The van der Waals surface area contributed by atoms with E-state index in [0.29, 0.717) is 19.7 Å². The molecule has 1 atom stereocenters. The van der Waals surface area contributed by atoms with Crippen molar-refractivity contribution in [1.29, 1.82) is 0 Å². The average molecular weight is 217 g/mol.